The first-order valence-corrected chi connectivity index (χ1v) is 9.23. The minimum absolute atomic E-state index is 0.215. The molecule has 0 spiro atoms. The van der Waals surface area contributed by atoms with Gasteiger partial charge < -0.3 is 15.1 Å². The van der Waals surface area contributed by atoms with E-state index in [0.29, 0.717) is 0 Å². The van der Waals surface area contributed by atoms with Crippen molar-refractivity contribution in [1.29, 1.82) is 0 Å². The summed E-state index contributed by atoms with van der Waals surface area (Å²) >= 11 is 0. The summed E-state index contributed by atoms with van der Waals surface area (Å²) in [4.78, 5) is 34.7. The minimum atomic E-state index is -1.12. The summed E-state index contributed by atoms with van der Waals surface area (Å²) in [5.74, 6) is -3.57. The lowest BCUT2D eigenvalue weighted by Gasteiger charge is -2.16. The quantitative estimate of drug-likeness (QED) is 0.345. The van der Waals surface area contributed by atoms with E-state index in [-0.39, 0.29) is 6.42 Å². The minimum Gasteiger partial charge on any atom is -0.481 e. The van der Waals surface area contributed by atoms with E-state index in [9.17, 15) is 19.5 Å². The van der Waals surface area contributed by atoms with Crippen LogP contribution in [0.5, 0.6) is 0 Å². The Morgan fingerprint density at radius 3 is 2.04 bits per heavy atom. The molecule has 0 saturated carbocycles. The van der Waals surface area contributed by atoms with Gasteiger partial charge in [-0.1, -0.05) is 64.0 Å². The predicted molar refractivity (Wildman–Crippen MR) is 97.4 cm³/mol. The van der Waals surface area contributed by atoms with Crippen LogP contribution in [-0.2, 0) is 14.4 Å². The average molecular weight is 355 g/mol. The van der Waals surface area contributed by atoms with Gasteiger partial charge in [0.25, 0.3) is 0 Å². The summed E-state index contributed by atoms with van der Waals surface area (Å²) in [5, 5.41) is 17.8. The highest BCUT2D eigenvalue weighted by atomic mass is 16.4. The fraction of sp³-hybridized carbons (Fsp3) is 0.737. The van der Waals surface area contributed by atoms with Crippen molar-refractivity contribution >= 4 is 17.8 Å². The number of aliphatic carboxylic acids is 2. The summed E-state index contributed by atoms with van der Waals surface area (Å²) in [5.41, 5.74) is 0. The molecule has 144 valence electrons. The molecule has 0 aliphatic carbocycles. The molecule has 0 radical (unpaired) electrons. The van der Waals surface area contributed by atoms with E-state index in [0.717, 1.165) is 24.2 Å². The molecule has 1 unspecified atom stereocenters. The van der Waals surface area contributed by atoms with Crippen LogP contribution in [0.25, 0.3) is 0 Å². The first kappa shape index (κ1) is 23.1. The van der Waals surface area contributed by atoms with Gasteiger partial charge in [-0.25, -0.2) is 0 Å². The monoisotopic (exact) mass is 355 g/mol. The highest BCUT2D eigenvalue weighted by molar-refractivity contribution is 5.85. The van der Waals surface area contributed by atoms with Crippen molar-refractivity contribution in [3.63, 3.8) is 0 Å². The van der Waals surface area contributed by atoms with E-state index in [1.165, 1.54) is 45.6 Å². The van der Waals surface area contributed by atoms with Crippen molar-refractivity contribution in [2.75, 3.05) is 13.6 Å². The number of nitrogens with zero attached hydrogens (tertiary/aromatic N) is 1. The van der Waals surface area contributed by atoms with Crippen LogP contribution in [0.15, 0.2) is 12.2 Å². The van der Waals surface area contributed by atoms with Crippen molar-refractivity contribution in [2.45, 2.75) is 71.1 Å². The van der Waals surface area contributed by atoms with Crippen molar-refractivity contribution < 1.29 is 24.6 Å². The number of hydrogen-bond acceptors (Lipinski definition) is 3. The lowest BCUT2D eigenvalue weighted by Crippen LogP contribution is -2.34. The van der Waals surface area contributed by atoms with Crippen LogP contribution in [0.1, 0.15) is 71.1 Å². The van der Waals surface area contributed by atoms with E-state index >= 15 is 0 Å². The smallest absolute Gasteiger partial charge is 0.323 e. The molecule has 0 aromatic carbocycles. The molecular weight excluding hydrogens is 322 g/mol. The molecule has 0 rings (SSSR count). The fourth-order valence-corrected chi connectivity index (χ4v) is 2.53. The topological polar surface area (TPSA) is 94.9 Å². The molecule has 6 heteroatoms. The molecule has 0 saturated heterocycles. The number of carboxylic acids is 2. The molecule has 0 aromatic heterocycles. The Morgan fingerprint density at radius 1 is 0.960 bits per heavy atom. The third-order valence-corrected chi connectivity index (χ3v) is 4.10. The summed E-state index contributed by atoms with van der Waals surface area (Å²) in [6.45, 7) is 1.78. The van der Waals surface area contributed by atoms with E-state index in [2.05, 4.69) is 6.92 Å². The van der Waals surface area contributed by atoms with Crippen LogP contribution in [0.2, 0.25) is 0 Å². The molecule has 6 nitrogen and oxygen atoms in total. The SMILES string of the molecule is CCCCCCCCCC/C=C/C(CC(=O)N(C)CC(=O)O)C(=O)O. The number of likely N-dealkylation sites (N-methyl/N-ethyl adjacent to an activating group) is 1. The number of unbranched alkanes of at least 4 members (excludes halogenated alkanes) is 8. The second-order valence-electron chi connectivity index (χ2n) is 6.48. The van der Waals surface area contributed by atoms with Gasteiger partial charge in [-0.15, -0.1) is 0 Å². The van der Waals surface area contributed by atoms with Gasteiger partial charge in [-0.3, -0.25) is 14.4 Å². The molecule has 0 aromatic rings. The second-order valence-corrected chi connectivity index (χ2v) is 6.48. The number of carbonyl (C=O) groups excluding carboxylic acids is 1. The molecule has 0 fully saturated rings. The van der Waals surface area contributed by atoms with Gasteiger partial charge in [0.2, 0.25) is 5.91 Å². The van der Waals surface area contributed by atoms with Crippen LogP contribution in [-0.4, -0.2) is 46.6 Å². The van der Waals surface area contributed by atoms with E-state index in [1.54, 1.807) is 6.08 Å². The zero-order valence-electron chi connectivity index (χ0n) is 15.6. The number of carboxylic acid groups (broad SMARTS) is 2. The predicted octanol–water partition coefficient (Wildman–Crippen LogP) is 3.71. The Bertz CT molecular complexity index is 434. The van der Waals surface area contributed by atoms with Crippen molar-refractivity contribution in [3.05, 3.63) is 12.2 Å². The standard InChI is InChI=1S/C19H33NO5/c1-3-4-5-6-7-8-9-10-11-12-13-16(19(24)25)14-17(21)20(2)15-18(22)23/h12-13,16H,3-11,14-15H2,1-2H3,(H,22,23)(H,24,25)/b13-12+. The number of allylic oxidation sites excluding steroid dienone is 1. The van der Waals surface area contributed by atoms with Crippen LogP contribution >= 0.6 is 0 Å². The highest BCUT2D eigenvalue weighted by Crippen LogP contribution is 2.12. The Morgan fingerprint density at radius 2 is 1.52 bits per heavy atom. The third-order valence-electron chi connectivity index (χ3n) is 4.10. The van der Waals surface area contributed by atoms with E-state index < -0.39 is 30.3 Å². The van der Waals surface area contributed by atoms with Gasteiger partial charge in [0, 0.05) is 13.5 Å². The first-order chi connectivity index (χ1) is 11.9. The molecule has 0 aliphatic heterocycles. The zero-order valence-corrected chi connectivity index (χ0v) is 15.6. The normalized spacial score (nSPS) is 12.2. The maximum absolute atomic E-state index is 11.8. The summed E-state index contributed by atoms with van der Waals surface area (Å²) in [6, 6.07) is 0. The Labute approximate surface area is 150 Å². The average Bonchev–Trinajstić information content (AvgIpc) is 2.54. The molecule has 2 N–H and O–H groups in total. The van der Waals surface area contributed by atoms with Gasteiger partial charge in [0.15, 0.2) is 0 Å². The Balaban J connectivity index is 4.02. The zero-order chi connectivity index (χ0) is 19.1. The second kappa shape index (κ2) is 14.5. The maximum Gasteiger partial charge on any atom is 0.323 e. The molecule has 0 bridgehead atoms. The van der Waals surface area contributed by atoms with Gasteiger partial charge in [0.1, 0.15) is 6.54 Å². The third kappa shape index (κ3) is 13.2. The fourth-order valence-electron chi connectivity index (χ4n) is 2.53. The van der Waals surface area contributed by atoms with Gasteiger partial charge in [-0.2, -0.15) is 0 Å². The van der Waals surface area contributed by atoms with E-state index in [1.807, 2.05) is 6.08 Å². The number of rotatable bonds is 15. The molecular formula is C19H33NO5. The van der Waals surface area contributed by atoms with Gasteiger partial charge >= 0.3 is 11.9 Å². The number of amides is 1. The summed E-state index contributed by atoms with van der Waals surface area (Å²) in [7, 11) is 1.36. The molecule has 1 atom stereocenters. The largest absolute Gasteiger partial charge is 0.481 e. The van der Waals surface area contributed by atoms with Crippen LogP contribution in [0, 0.1) is 5.92 Å². The van der Waals surface area contributed by atoms with Crippen molar-refractivity contribution in [2.24, 2.45) is 5.92 Å². The molecule has 25 heavy (non-hydrogen) atoms. The molecule has 1 amide bonds. The lowest BCUT2D eigenvalue weighted by molar-refractivity contribution is -0.146. The highest BCUT2D eigenvalue weighted by Gasteiger charge is 2.21. The molecule has 0 heterocycles. The Kier molecular flexibility index (Phi) is 13.4. The van der Waals surface area contributed by atoms with Crippen LogP contribution in [0.3, 0.4) is 0 Å². The number of hydrogen-bond donors (Lipinski definition) is 2. The molecule has 0 aliphatic rings. The first-order valence-electron chi connectivity index (χ1n) is 9.23. The van der Waals surface area contributed by atoms with Crippen molar-refractivity contribution in [3.8, 4) is 0 Å². The summed E-state index contributed by atoms with van der Waals surface area (Å²) in [6.07, 6.45) is 13.7. The van der Waals surface area contributed by atoms with E-state index in [4.69, 9.17) is 5.11 Å². The van der Waals surface area contributed by atoms with Crippen molar-refractivity contribution in [1.82, 2.24) is 4.90 Å². The van der Waals surface area contributed by atoms with Gasteiger partial charge in [0.05, 0.1) is 5.92 Å². The Hall–Kier alpha value is -1.85. The lowest BCUT2D eigenvalue weighted by atomic mass is 10.0. The van der Waals surface area contributed by atoms with Gasteiger partial charge in [-0.05, 0) is 12.8 Å². The van der Waals surface area contributed by atoms with Crippen LogP contribution in [0.4, 0.5) is 0 Å². The maximum atomic E-state index is 11.8. The van der Waals surface area contributed by atoms with Crippen LogP contribution < -0.4 is 0 Å². The summed E-state index contributed by atoms with van der Waals surface area (Å²) < 4.78 is 0. The number of carbonyl (C=O) groups is 3.